The molecule has 96 valence electrons. The number of nitrogens with one attached hydrogen (secondary N) is 1. The van der Waals surface area contributed by atoms with Crippen molar-refractivity contribution in [1.82, 2.24) is 4.98 Å². The molecule has 19 heavy (non-hydrogen) atoms. The van der Waals surface area contributed by atoms with Crippen LogP contribution in [0.3, 0.4) is 0 Å². The summed E-state index contributed by atoms with van der Waals surface area (Å²) in [5.74, 6) is -2.10. The zero-order valence-electron chi connectivity index (χ0n) is 9.70. The molecule has 0 spiro atoms. The number of anilines is 1. The van der Waals surface area contributed by atoms with Gasteiger partial charge in [-0.05, 0) is 24.3 Å². The molecule has 0 aliphatic heterocycles. The number of pyridine rings is 1. The van der Waals surface area contributed by atoms with Crippen LogP contribution in [0.5, 0.6) is 5.75 Å². The lowest BCUT2D eigenvalue weighted by Gasteiger charge is -2.08. The predicted octanol–water partition coefficient (Wildman–Crippen LogP) is 1.74. The van der Waals surface area contributed by atoms with Crippen LogP contribution >= 0.6 is 0 Å². The second-order valence-electron chi connectivity index (χ2n) is 3.68. The molecule has 0 radical (unpaired) electrons. The van der Waals surface area contributed by atoms with Gasteiger partial charge in [-0.2, -0.15) is 0 Å². The largest absolute Gasteiger partial charge is 0.505 e. The number of amides is 1. The number of para-hydroxylation sites is 1. The number of hydrogen-bond acceptors (Lipinski definition) is 4. The SMILES string of the molecule is O=C(O)c1ccccc1NC(=O)c1ncccc1O. The number of aromatic hydroxyl groups is 1. The Hall–Kier alpha value is -2.89. The average molecular weight is 258 g/mol. The highest BCUT2D eigenvalue weighted by Gasteiger charge is 2.16. The lowest BCUT2D eigenvalue weighted by molar-refractivity contribution is 0.0698. The minimum absolute atomic E-state index is 0.0359. The van der Waals surface area contributed by atoms with Gasteiger partial charge in [0.2, 0.25) is 0 Å². The molecule has 3 N–H and O–H groups in total. The lowest BCUT2D eigenvalue weighted by Crippen LogP contribution is -2.16. The molecule has 1 amide bonds. The van der Waals surface area contributed by atoms with Gasteiger partial charge in [0.1, 0.15) is 5.75 Å². The van der Waals surface area contributed by atoms with Gasteiger partial charge in [0.25, 0.3) is 5.91 Å². The maximum Gasteiger partial charge on any atom is 0.337 e. The summed E-state index contributed by atoms with van der Waals surface area (Å²) >= 11 is 0. The van der Waals surface area contributed by atoms with Gasteiger partial charge < -0.3 is 15.5 Å². The molecule has 1 aromatic heterocycles. The highest BCUT2D eigenvalue weighted by Crippen LogP contribution is 2.18. The van der Waals surface area contributed by atoms with Crippen LogP contribution in [0.15, 0.2) is 42.6 Å². The van der Waals surface area contributed by atoms with Crippen LogP contribution in [-0.2, 0) is 0 Å². The molecule has 0 aliphatic rings. The Balaban J connectivity index is 2.30. The first-order valence-electron chi connectivity index (χ1n) is 5.37. The number of aromatic nitrogens is 1. The van der Waals surface area contributed by atoms with Crippen LogP contribution in [0.1, 0.15) is 20.8 Å². The van der Waals surface area contributed by atoms with Crippen LogP contribution in [-0.4, -0.2) is 27.1 Å². The Morgan fingerprint density at radius 2 is 1.84 bits per heavy atom. The van der Waals surface area contributed by atoms with Gasteiger partial charge in [0.05, 0.1) is 11.3 Å². The van der Waals surface area contributed by atoms with E-state index in [0.29, 0.717) is 0 Å². The molecule has 0 aliphatic carbocycles. The number of carbonyl (C=O) groups is 2. The third-order valence-corrected chi connectivity index (χ3v) is 2.41. The average Bonchev–Trinajstić information content (AvgIpc) is 2.39. The molecule has 0 fully saturated rings. The Morgan fingerprint density at radius 1 is 1.11 bits per heavy atom. The minimum Gasteiger partial charge on any atom is -0.505 e. The molecule has 0 saturated carbocycles. The second-order valence-corrected chi connectivity index (χ2v) is 3.68. The van der Waals surface area contributed by atoms with Crippen molar-refractivity contribution in [3.63, 3.8) is 0 Å². The summed E-state index contributed by atoms with van der Waals surface area (Å²) in [5.41, 5.74) is -0.0565. The van der Waals surface area contributed by atoms with Crippen LogP contribution in [0.25, 0.3) is 0 Å². The fourth-order valence-electron chi connectivity index (χ4n) is 1.53. The zero-order valence-corrected chi connectivity index (χ0v) is 9.70. The maximum absolute atomic E-state index is 11.9. The van der Waals surface area contributed by atoms with E-state index in [1.807, 2.05) is 0 Å². The summed E-state index contributed by atoms with van der Waals surface area (Å²) in [6.45, 7) is 0. The van der Waals surface area contributed by atoms with Crippen molar-refractivity contribution in [2.75, 3.05) is 5.32 Å². The normalized spacial score (nSPS) is 9.89. The molecule has 0 atom stereocenters. The van der Waals surface area contributed by atoms with E-state index < -0.39 is 11.9 Å². The molecule has 1 aromatic carbocycles. The van der Waals surface area contributed by atoms with Gasteiger partial charge in [-0.3, -0.25) is 4.79 Å². The molecule has 2 rings (SSSR count). The van der Waals surface area contributed by atoms with E-state index in [1.54, 1.807) is 12.1 Å². The first-order chi connectivity index (χ1) is 9.09. The van der Waals surface area contributed by atoms with E-state index in [0.717, 1.165) is 0 Å². The van der Waals surface area contributed by atoms with E-state index in [-0.39, 0.29) is 22.7 Å². The van der Waals surface area contributed by atoms with Crippen LogP contribution in [0.2, 0.25) is 0 Å². The second kappa shape index (κ2) is 5.18. The zero-order chi connectivity index (χ0) is 13.8. The molecule has 6 nitrogen and oxygen atoms in total. The van der Waals surface area contributed by atoms with Crippen LogP contribution in [0, 0.1) is 0 Å². The van der Waals surface area contributed by atoms with Gasteiger partial charge in [-0.25, -0.2) is 9.78 Å². The summed E-state index contributed by atoms with van der Waals surface area (Å²) in [7, 11) is 0. The van der Waals surface area contributed by atoms with Crippen molar-refractivity contribution in [3.05, 3.63) is 53.9 Å². The fourth-order valence-corrected chi connectivity index (χ4v) is 1.53. The summed E-state index contributed by atoms with van der Waals surface area (Å²) in [6.07, 6.45) is 1.36. The smallest absolute Gasteiger partial charge is 0.337 e. The number of rotatable bonds is 3. The van der Waals surface area contributed by atoms with Gasteiger partial charge in [0, 0.05) is 6.20 Å². The summed E-state index contributed by atoms with van der Waals surface area (Å²) in [4.78, 5) is 26.6. The van der Waals surface area contributed by atoms with E-state index in [1.165, 1.54) is 30.5 Å². The molecule has 2 aromatic rings. The monoisotopic (exact) mass is 258 g/mol. The van der Waals surface area contributed by atoms with Crippen LogP contribution < -0.4 is 5.32 Å². The fraction of sp³-hybridized carbons (Fsp3) is 0. The van der Waals surface area contributed by atoms with Gasteiger partial charge in [0.15, 0.2) is 5.69 Å². The number of carboxylic acids is 1. The third kappa shape index (κ3) is 2.68. The molecule has 6 heteroatoms. The molecule has 0 saturated heterocycles. The molecule has 1 heterocycles. The first kappa shape index (κ1) is 12.6. The van der Waals surface area contributed by atoms with E-state index in [9.17, 15) is 14.7 Å². The summed E-state index contributed by atoms with van der Waals surface area (Å²) in [5, 5.41) is 20.9. The van der Waals surface area contributed by atoms with Crippen molar-refractivity contribution in [3.8, 4) is 5.75 Å². The highest BCUT2D eigenvalue weighted by molar-refractivity contribution is 6.07. The van der Waals surface area contributed by atoms with E-state index in [2.05, 4.69) is 10.3 Å². The maximum atomic E-state index is 11.9. The third-order valence-electron chi connectivity index (χ3n) is 2.41. The highest BCUT2D eigenvalue weighted by atomic mass is 16.4. The Kier molecular flexibility index (Phi) is 3.42. The van der Waals surface area contributed by atoms with Crippen molar-refractivity contribution in [2.45, 2.75) is 0 Å². The van der Waals surface area contributed by atoms with Gasteiger partial charge in [-0.1, -0.05) is 12.1 Å². The number of benzene rings is 1. The lowest BCUT2D eigenvalue weighted by atomic mass is 10.1. The quantitative estimate of drug-likeness (QED) is 0.778. The van der Waals surface area contributed by atoms with Gasteiger partial charge >= 0.3 is 5.97 Å². The number of aromatic carboxylic acids is 1. The first-order valence-corrected chi connectivity index (χ1v) is 5.37. The van der Waals surface area contributed by atoms with Crippen molar-refractivity contribution < 1.29 is 19.8 Å². The van der Waals surface area contributed by atoms with Crippen molar-refractivity contribution >= 4 is 17.6 Å². The van der Waals surface area contributed by atoms with Crippen molar-refractivity contribution in [1.29, 1.82) is 0 Å². The predicted molar refractivity (Wildman–Crippen MR) is 67.3 cm³/mol. The van der Waals surface area contributed by atoms with Crippen LogP contribution in [0.4, 0.5) is 5.69 Å². The minimum atomic E-state index is -1.15. The molecular weight excluding hydrogens is 248 g/mol. The van der Waals surface area contributed by atoms with E-state index in [4.69, 9.17) is 5.11 Å². The molecular formula is C13H10N2O4. The topological polar surface area (TPSA) is 99.5 Å². The summed E-state index contributed by atoms with van der Waals surface area (Å²) in [6, 6.07) is 8.79. The van der Waals surface area contributed by atoms with Gasteiger partial charge in [-0.15, -0.1) is 0 Å². The number of carbonyl (C=O) groups excluding carboxylic acids is 1. The summed E-state index contributed by atoms with van der Waals surface area (Å²) < 4.78 is 0. The standard InChI is InChI=1S/C13H10N2O4/c16-10-6-3-7-14-11(10)12(17)15-9-5-2-1-4-8(9)13(18)19/h1-7,16H,(H,15,17)(H,18,19). The van der Waals surface area contributed by atoms with Crippen molar-refractivity contribution in [2.24, 2.45) is 0 Å². The Morgan fingerprint density at radius 3 is 2.53 bits per heavy atom. The number of carboxylic acid groups (broad SMARTS) is 1. The molecule has 0 bridgehead atoms. The number of hydrogen-bond donors (Lipinski definition) is 3. The Labute approximate surface area is 108 Å². The number of nitrogens with zero attached hydrogens (tertiary/aromatic N) is 1. The Bertz CT molecular complexity index is 640. The molecule has 0 unspecified atom stereocenters. The van der Waals surface area contributed by atoms with E-state index >= 15 is 0 Å².